The number of rotatable bonds is 0. The molecule has 5 unspecified atom stereocenters. The summed E-state index contributed by atoms with van der Waals surface area (Å²) in [6.07, 6.45) is 12.0. The minimum absolute atomic E-state index is 0.0174. The summed E-state index contributed by atoms with van der Waals surface area (Å²) < 4.78 is 0. The van der Waals surface area contributed by atoms with Gasteiger partial charge in [-0.2, -0.15) is 0 Å². The van der Waals surface area contributed by atoms with E-state index in [9.17, 15) is 4.79 Å². The number of ketones is 1. The van der Waals surface area contributed by atoms with Crippen molar-refractivity contribution in [2.45, 2.75) is 58.3 Å². The first-order valence-corrected chi connectivity index (χ1v) is 8.41. The molecule has 0 aromatic heterocycles. The van der Waals surface area contributed by atoms with Crippen molar-refractivity contribution < 1.29 is 4.79 Å². The molecule has 1 N–H and O–H groups in total. The molecule has 0 amide bonds. The standard InChI is InChI=1S/C18H25NO/c1-18-7-2-3-15(18)13-5-4-11-9-17(20)16(19)10-14(11)12(13)6-8-18/h9,12-15,19H,2-8,10H2,1H3. The number of nitrogens with one attached hydrogen (secondary N) is 1. The topological polar surface area (TPSA) is 40.9 Å². The van der Waals surface area contributed by atoms with Crippen LogP contribution in [0.4, 0.5) is 0 Å². The van der Waals surface area contributed by atoms with Gasteiger partial charge in [-0.15, -0.1) is 0 Å². The maximum absolute atomic E-state index is 11.7. The van der Waals surface area contributed by atoms with Crippen molar-refractivity contribution in [1.29, 1.82) is 5.41 Å². The predicted octanol–water partition coefficient (Wildman–Crippen LogP) is 4.15. The van der Waals surface area contributed by atoms with E-state index in [1.54, 1.807) is 0 Å². The van der Waals surface area contributed by atoms with Crippen molar-refractivity contribution in [2.75, 3.05) is 0 Å². The van der Waals surface area contributed by atoms with E-state index in [-0.39, 0.29) is 5.78 Å². The number of allylic oxidation sites excluding steroid dienone is 1. The van der Waals surface area contributed by atoms with Crippen LogP contribution in [0.25, 0.3) is 0 Å². The molecule has 0 heterocycles. The zero-order chi connectivity index (χ0) is 13.9. The molecule has 0 aromatic rings. The molecule has 0 bridgehead atoms. The molecule has 2 nitrogen and oxygen atoms in total. The molecule has 20 heavy (non-hydrogen) atoms. The summed E-state index contributed by atoms with van der Waals surface area (Å²) in [5.41, 5.74) is 2.36. The van der Waals surface area contributed by atoms with Gasteiger partial charge < -0.3 is 5.41 Å². The normalized spacial score (nSPS) is 47.4. The van der Waals surface area contributed by atoms with Crippen LogP contribution in [0.2, 0.25) is 0 Å². The van der Waals surface area contributed by atoms with Crippen LogP contribution in [0.3, 0.4) is 0 Å². The maximum atomic E-state index is 11.7. The van der Waals surface area contributed by atoms with Crippen molar-refractivity contribution in [1.82, 2.24) is 0 Å². The number of hydrogen-bond acceptors (Lipinski definition) is 2. The van der Waals surface area contributed by atoms with Gasteiger partial charge in [-0.3, -0.25) is 4.79 Å². The van der Waals surface area contributed by atoms with Gasteiger partial charge in [0.05, 0.1) is 5.71 Å². The maximum Gasteiger partial charge on any atom is 0.199 e. The Balaban J connectivity index is 1.65. The summed E-state index contributed by atoms with van der Waals surface area (Å²) in [5.74, 6) is 3.08. The highest BCUT2D eigenvalue weighted by Gasteiger charge is 2.52. The third kappa shape index (κ3) is 1.69. The third-order valence-electron chi connectivity index (χ3n) is 7.07. The first kappa shape index (κ1) is 12.8. The molecule has 0 spiro atoms. The fourth-order valence-electron chi connectivity index (χ4n) is 6.06. The SMILES string of the molecule is CC12CCCC1C1CCC3=CC(=O)C(=N)CC3C1CC2. The summed E-state index contributed by atoms with van der Waals surface area (Å²) in [6, 6.07) is 0. The van der Waals surface area contributed by atoms with Crippen molar-refractivity contribution in [3.8, 4) is 0 Å². The molecule has 0 radical (unpaired) electrons. The Kier molecular flexibility index (Phi) is 2.74. The van der Waals surface area contributed by atoms with E-state index in [4.69, 9.17) is 5.41 Å². The van der Waals surface area contributed by atoms with Crippen molar-refractivity contribution in [3.63, 3.8) is 0 Å². The molecule has 4 rings (SSSR count). The van der Waals surface area contributed by atoms with Crippen molar-refractivity contribution in [3.05, 3.63) is 11.6 Å². The second-order valence-corrected chi connectivity index (χ2v) is 7.93. The average molecular weight is 271 g/mol. The molecular weight excluding hydrogens is 246 g/mol. The highest BCUT2D eigenvalue weighted by molar-refractivity contribution is 6.43. The van der Waals surface area contributed by atoms with Gasteiger partial charge in [-0.25, -0.2) is 0 Å². The van der Waals surface area contributed by atoms with E-state index in [0.717, 1.165) is 30.6 Å². The molecule has 4 aliphatic rings. The average Bonchev–Trinajstić information content (AvgIpc) is 2.82. The Morgan fingerprint density at radius 1 is 1.20 bits per heavy atom. The minimum atomic E-state index is -0.0174. The molecule has 5 atom stereocenters. The van der Waals surface area contributed by atoms with Crippen molar-refractivity contribution in [2.24, 2.45) is 29.1 Å². The molecule has 4 aliphatic carbocycles. The van der Waals surface area contributed by atoms with Gasteiger partial charge in [0.1, 0.15) is 0 Å². The molecule has 3 fully saturated rings. The fourth-order valence-corrected chi connectivity index (χ4v) is 6.06. The van der Waals surface area contributed by atoms with Gasteiger partial charge in [0.2, 0.25) is 0 Å². The first-order valence-electron chi connectivity index (χ1n) is 8.41. The molecular formula is C18H25NO. The van der Waals surface area contributed by atoms with Crippen LogP contribution in [-0.2, 0) is 4.79 Å². The Hall–Kier alpha value is -0.920. The van der Waals surface area contributed by atoms with Gasteiger partial charge in [0, 0.05) is 0 Å². The number of fused-ring (bicyclic) bond motifs is 5. The summed E-state index contributed by atoms with van der Waals surface area (Å²) in [6.45, 7) is 2.53. The van der Waals surface area contributed by atoms with E-state index in [0.29, 0.717) is 17.0 Å². The Morgan fingerprint density at radius 2 is 2.05 bits per heavy atom. The van der Waals surface area contributed by atoms with E-state index in [1.807, 2.05) is 6.08 Å². The van der Waals surface area contributed by atoms with E-state index < -0.39 is 0 Å². The Labute approximate surface area is 121 Å². The highest BCUT2D eigenvalue weighted by atomic mass is 16.1. The second kappa shape index (κ2) is 4.29. The number of carbonyl (C=O) groups is 1. The summed E-state index contributed by atoms with van der Waals surface area (Å²) in [7, 11) is 0. The van der Waals surface area contributed by atoms with Crippen molar-refractivity contribution >= 4 is 11.5 Å². The van der Waals surface area contributed by atoms with E-state index in [1.165, 1.54) is 44.1 Å². The quantitative estimate of drug-likeness (QED) is 0.706. The number of carbonyl (C=O) groups excluding carboxylic acids is 1. The molecule has 0 aliphatic heterocycles. The lowest BCUT2D eigenvalue weighted by Gasteiger charge is -2.52. The predicted molar refractivity (Wildman–Crippen MR) is 79.8 cm³/mol. The summed E-state index contributed by atoms with van der Waals surface area (Å²) >= 11 is 0. The highest BCUT2D eigenvalue weighted by Crippen LogP contribution is 2.61. The monoisotopic (exact) mass is 271 g/mol. The van der Waals surface area contributed by atoms with Crippen LogP contribution in [0.5, 0.6) is 0 Å². The molecule has 2 heteroatoms. The minimum Gasteiger partial charge on any atom is -0.301 e. The van der Waals surface area contributed by atoms with Crippen LogP contribution >= 0.6 is 0 Å². The summed E-state index contributed by atoms with van der Waals surface area (Å²) in [4.78, 5) is 11.7. The zero-order valence-electron chi connectivity index (χ0n) is 12.5. The van der Waals surface area contributed by atoms with Crippen LogP contribution < -0.4 is 0 Å². The fraction of sp³-hybridized carbons (Fsp3) is 0.778. The number of hydrogen-bond donors (Lipinski definition) is 1. The first-order chi connectivity index (χ1) is 9.58. The zero-order valence-corrected chi connectivity index (χ0v) is 12.5. The third-order valence-corrected chi connectivity index (χ3v) is 7.07. The molecule has 3 saturated carbocycles. The summed E-state index contributed by atoms with van der Waals surface area (Å²) in [5, 5.41) is 7.91. The van der Waals surface area contributed by atoms with Crippen LogP contribution in [0, 0.1) is 34.5 Å². The van der Waals surface area contributed by atoms with Gasteiger partial charge in [-0.1, -0.05) is 18.9 Å². The van der Waals surface area contributed by atoms with Crippen LogP contribution in [0.15, 0.2) is 11.6 Å². The van der Waals surface area contributed by atoms with Crippen LogP contribution in [-0.4, -0.2) is 11.5 Å². The lowest BCUT2D eigenvalue weighted by Crippen LogP contribution is -2.45. The lowest BCUT2D eigenvalue weighted by molar-refractivity contribution is -0.109. The van der Waals surface area contributed by atoms with Gasteiger partial charge in [0.25, 0.3) is 0 Å². The van der Waals surface area contributed by atoms with Gasteiger partial charge >= 0.3 is 0 Å². The van der Waals surface area contributed by atoms with Gasteiger partial charge in [0.15, 0.2) is 5.78 Å². The van der Waals surface area contributed by atoms with Crippen LogP contribution in [0.1, 0.15) is 58.3 Å². The van der Waals surface area contributed by atoms with E-state index in [2.05, 4.69) is 6.92 Å². The lowest BCUT2D eigenvalue weighted by atomic mass is 9.52. The largest absolute Gasteiger partial charge is 0.301 e. The second-order valence-electron chi connectivity index (χ2n) is 7.93. The Morgan fingerprint density at radius 3 is 2.90 bits per heavy atom. The Bertz CT molecular complexity index is 506. The molecule has 0 aromatic carbocycles. The van der Waals surface area contributed by atoms with Gasteiger partial charge in [-0.05, 0) is 80.1 Å². The smallest absolute Gasteiger partial charge is 0.199 e. The van der Waals surface area contributed by atoms with E-state index >= 15 is 0 Å². The molecule has 0 saturated heterocycles. The molecule has 108 valence electrons.